The summed E-state index contributed by atoms with van der Waals surface area (Å²) in [6, 6.07) is 16.9. The molecule has 0 radical (unpaired) electrons. The molecule has 4 nitrogen and oxygen atoms in total. The minimum atomic E-state index is -0.334. The molecule has 1 fully saturated rings. The molecule has 3 aromatic rings. The van der Waals surface area contributed by atoms with E-state index in [1.807, 2.05) is 12.1 Å². The van der Waals surface area contributed by atoms with Crippen LogP contribution < -0.4 is 9.47 Å². The lowest BCUT2D eigenvalue weighted by Gasteiger charge is -2.43. The van der Waals surface area contributed by atoms with Crippen LogP contribution in [0.1, 0.15) is 22.8 Å². The van der Waals surface area contributed by atoms with Gasteiger partial charge in [-0.3, -0.25) is 0 Å². The number of fused-ring (bicyclic) bond motifs is 1. The highest BCUT2D eigenvalue weighted by atomic mass is 32.1. The maximum absolute atomic E-state index is 11.0. The molecular weight excluding hydrogens is 370 g/mol. The van der Waals surface area contributed by atoms with Gasteiger partial charge >= 0.3 is 0 Å². The monoisotopic (exact) mass is 398 g/mol. The molecule has 2 aromatic carbocycles. The van der Waals surface area contributed by atoms with E-state index in [9.17, 15) is 5.11 Å². The molecule has 1 aromatic heterocycles. The quantitative estimate of drug-likeness (QED) is 0.647. The van der Waals surface area contributed by atoms with E-state index in [0.29, 0.717) is 0 Å². The lowest BCUT2D eigenvalue weighted by Crippen LogP contribution is -2.54. The number of ether oxygens (including phenoxy) is 2. The number of hydrogen-bond donors (Lipinski definition) is 1. The molecule has 5 heteroatoms. The van der Waals surface area contributed by atoms with Gasteiger partial charge in [0.15, 0.2) is 11.5 Å². The molecule has 0 amide bonds. The summed E-state index contributed by atoms with van der Waals surface area (Å²) in [6.07, 6.45) is 0.658. The smallest absolute Gasteiger partial charge is 0.162 e. The van der Waals surface area contributed by atoms with Crippen molar-refractivity contribution in [1.82, 2.24) is 0 Å². The van der Waals surface area contributed by atoms with E-state index >= 15 is 0 Å². The molecule has 3 atom stereocenters. The minimum absolute atomic E-state index is 0.191. The zero-order valence-electron chi connectivity index (χ0n) is 16.7. The highest BCUT2D eigenvalue weighted by Gasteiger charge is 2.38. The van der Waals surface area contributed by atoms with Crippen LogP contribution in [0.15, 0.2) is 48.5 Å². The number of quaternary nitrogens is 1. The molecular formula is C23H28NO3S+. The van der Waals surface area contributed by atoms with E-state index in [-0.39, 0.29) is 12.0 Å². The summed E-state index contributed by atoms with van der Waals surface area (Å²) >= 11 is 1.76. The van der Waals surface area contributed by atoms with Crippen LogP contribution in [0.2, 0.25) is 0 Å². The number of benzene rings is 2. The van der Waals surface area contributed by atoms with E-state index in [4.69, 9.17) is 9.47 Å². The number of likely N-dealkylation sites (tertiary alicyclic amines) is 1. The van der Waals surface area contributed by atoms with Gasteiger partial charge in [0.25, 0.3) is 0 Å². The van der Waals surface area contributed by atoms with Gasteiger partial charge in [-0.1, -0.05) is 30.3 Å². The standard InChI is InChI=1S/C23H28NO3S/c1-24(14-16-7-5-4-6-8-16)10-9-18(19(25)15-24)23-12-17-11-20(26-2)21(27-3)13-22(17)28-23/h4-8,11-13,18-19,25H,9-10,14-15H2,1-3H3/q+1. The van der Waals surface area contributed by atoms with Crippen LogP contribution in [0, 0.1) is 0 Å². The van der Waals surface area contributed by atoms with Gasteiger partial charge in [0.05, 0.1) is 27.8 Å². The maximum atomic E-state index is 11.0. The van der Waals surface area contributed by atoms with Crippen molar-refractivity contribution in [3.63, 3.8) is 0 Å². The predicted molar refractivity (Wildman–Crippen MR) is 114 cm³/mol. The molecule has 2 heterocycles. The van der Waals surface area contributed by atoms with Gasteiger partial charge in [-0.15, -0.1) is 11.3 Å². The number of rotatable bonds is 5. The van der Waals surface area contributed by atoms with Crippen LogP contribution in [0.3, 0.4) is 0 Å². The number of hydrogen-bond acceptors (Lipinski definition) is 4. The summed E-state index contributed by atoms with van der Waals surface area (Å²) in [7, 11) is 5.58. The third-order valence-corrected chi connectivity index (χ3v) is 7.12. The molecule has 0 saturated carbocycles. The Hall–Kier alpha value is -2.08. The number of nitrogens with zero attached hydrogens (tertiary/aromatic N) is 1. The first-order chi connectivity index (χ1) is 13.5. The van der Waals surface area contributed by atoms with Crippen molar-refractivity contribution in [2.24, 2.45) is 0 Å². The van der Waals surface area contributed by atoms with Crippen molar-refractivity contribution in [3.8, 4) is 11.5 Å². The third kappa shape index (κ3) is 3.75. The molecule has 28 heavy (non-hydrogen) atoms. The average molecular weight is 399 g/mol. The Morgan fingerprint density at radius 2 is 1.79 bits per heavy atom. The fourth-order valence-corrected chi connectivity index (χ4v) is 5.65. The second kappa shape index (κ2) is 7.74. The van der Waals surface area contributed by atoms with E-state index < -0.39 is 0 Å². The lowest BCUT2D eigenvalue weighted by molar-refractivity contribution is -0.930. The van der Waals surface area contributed by atoms with E-state index in [1.54, 1.807) is 25.6 Å². The molecule has 0 spiro atoms. The maximum Gasteiger partial charge on any atom is 0.162 e. The van der Waals surface area contributed by atoms with Crippen LogP contribution in [0.4, 0.5) is 0 Å². The zero-order chi connectivity index (χ0) is 19.7. The van der Waals surface area contributed by atoms with Gasteiger partial charge in [-0.2, -0.15) is 0 Å². The Morgan fingerprint density at radius 1 is 1.07 bits per heavy atom. The molecule has 3 unspecified atom stereocenters. The molecule has 0 aliphatic carbocycles. The van der Waals surface area contributed by atoms with E-state index in [2.05, 4.69) is 43.4 Å². The van der Waals surface area contributed by atoms with Crippen molar-refractivity contribution < 1.29 is 19.1 Å². The van der Waals surface area contributed by atoms with Crippen LogP contribution in [-0.4, -0.2) is 50.1 Å². The van der Waals surface area contributed by atoms with Gasteiger partial charge < -0.3 is 19.1 Å². The Balaban J connectivity index is 1.54. The Morgan fingerprint density at radius 3 is 2.46 bits per heavy atom. The molecule has 4 rings (SSSR count). The average Bonchev–Trinajstić information content (AvgIpc) is 3.09. The number of piperidine rings is 1. The van der Waals surface area contributed by atoms with Crippen LogP contribution in [0.5, 0.6) is 11.5 Å². The summed E-state index contributed by atoms with van der Waals surface area (Å²) in [5, 5.41) is 12.2. The van der Waals surface area contributed by atoms with Crippen molar-refractivity contribution in [2.45, 2.75) is 25.0 Å². The second-order valence-electron chi connectivity index (χ2n) is 8.03. The SMILES string of the molecule is COc1cc2cc(C3CC[N+](C)(Cc4ccccc4)CC3O)sc2cc1OC. The van der Waals surface area contributed by atoms with Gasteiger partial charge in [-0.05, 0) is 17.5 Å². The second-order valence-corrected chi connectivity index (χ2v) is 9.14. The van der Waals surface area contributed by atoms with Gasteiger partial charge in [0, 0.05) is 33.5 Å². The Kier molecular flexibility index (Phi) is 5.32. The summed E-state index contributed by atoms with van der Waals surface area (Å²) < 4.78 is 12.9. The zero-order valence-corrected chi connectivity index (χ0v) is 17.5. The first kappa shape index (κ1) is 19.2. The Labute approximate surface area is 170 Å². The molecule has 1 aliphatic rings. The fraction of sp³-hybridized carbons (Fsp3) is 0.391. The number of thiophene rings is 1. The Bertz CT molecular complexity index is 914. The molecule has 1 N–H and O–H groups in total. The number of aliphatic hydroxyl groups is 1. The van der Waals surface area contributed by atoms with Crippen molar-refractivity contribution in [3.05, 3.63) is 59.0 Å². The van der Waals surface area contributed by atoms with Crippen molar-refractivity contribution in [2.75, 3.05) is 34.4 Å². The van der Waals surface area contributed by atoms with E-state index in [0.717, 1.165) is 47.4 Å². The van der Waals surface area contributed by atoms with Crippen LogP contribution in [0.25, 0.3) is 10.1 Å². The topological polar surface area (TPSA) is 38.7 Å². The van der Waals surface area contributed by atoms with Crippen LogP contribution >= 0.6 is 11.3 Å². The first-order valence-electron chi connectivity index (χ1n) is 9.72. The molecule has 1 saturated heterocycles. The molecule has 0 bridgehead atoms. The van der Waals surface area contributed by atoms with Crippen molar-refractivity contribution in [1.29, 1.82) is 0 Å². The number of likely N-dealkylation sites (N-methyl/N-ethyl adjacent to an activating group) is 1. The van der Waals surface area contributed by atoms with Gasteiger partial charge in [-0.25, -0.2) is 0 Å². The number of methoxy groups -OCH3 is 2. The van der Waals surface area contributed by atoms with Gasteiger partial charge in [0.1, 0.15) is 19.2 Å². The third-order valence-electron chi connectivity index (χ3n) is 5.89. The van der Waals surface area contributed by atoms with Gasteiger partial charge in [0.2, 0.25) is 0 Å². The summed E-state index contributed by atoms with van der Waals surface area (Å²) in [6.45, 7) is 2.81. The fourth-order valence-electron chi connectivity index (χ4n) is 4.38. The molecule has 1 aliphatic heterocycles. The minimum Gasteiger partial charge on any atom is -0.493 e. The summed E-state index contributed by atoms with van der Waals surface area (Å²) in [5.74, 6) is 1.69. The normalized spacial score (nSPS) is 25.0. The van der Waals surface area contributed by atoms with E-state index in [1.165, 1.54) is 15.1 Å². The highest BCUT2D eigenvalue weighted by molar-refractivity contribution is 7.19. The van der Waals surface area contributed by atoms with Crippen LogP contribution in [-0.2, 0) is 6.54 Å². The largest absolute Gasteiger partial charge is 0.493 e. The highest BCUT2D eigenvalue weighted by Crippen LogP contribution is 2.41. The lowest BCUT2D eigenvalue weighted by atomic mass is 9.90. The van der Waals surface area contributed by atoms with Crippen molar-refractivity contribution >= 4 is 21.4 Å². The predicted octanol–water partition coefficient (Wildman–Crippen LogP) is 4.41. The number of aliphatic hydroxyl groups excluding tert-OH is 1. The summed E-state index contributed by atoms with van der Waals surface area (Å²) in [5.41, 5.74) is 1.33. The first-order valence-corrected chi connectivity index (χ1v) is 10.5. The molecule has 148 valence electrons. The summed E-state index contributed by atoms with van der Waals surface area (Å²) in [4.78, 5) is 1.25.